The molecule has 8 rings (SSSR count). The van der Waals surface area contributed by atoms with Crippen LogP contribution >= 0.6 is 0 Å². The van der Waals surface area contributed by atoms with Crippen LogP contribution in [0, 0.1) is 0 Å². The molecule has 0 aliphatic carbocycles. The molecule has 0 fully saturated rings. The molecule has 0 atom stereocenters. The molecule has 8 aromatic rings. The molecule has 0 amide bonds. The van der Waals surface area contributed by atoms with Crippen LogP contribution in [0.25, 0.3) is 78.9 Å². The Bertz CT molecular complexity index is 2250. The Morgan fingerprint density at radius 2 is 0.818 bits per heavy atom. The average molecular weight is 559 g/mol. The third-order valence-corrected chi connectivity index (χ3v) is 8.65. The summed E-state index contributed by atoms with van der Waals surface area (Å²) in [6, 6.07) is 56.8. The zero-order valence-corrected chi connectivity index (χ0v) is 24.3. The summed E-state index contributed by atoms with van der Waals surface area (Å²) < 4.78 is 0. The van der Waals surface area contributed by atoms with Crippen LogP contribution in [0.4, 0.5) is 0 Å². The van der Waals surface area contributed by atoms with Crippen LogP contribution in [0.15, 0.2) is 158 Å². The van der Waals surface area contributed by atoms with Gasteiger partial charge in [-0.2, -0.15) is 0 Å². The normalized spacial score (nSPS) is 11.9. The van der Waals surface area contributed by atoms with Crippen LogP contribution in [0.5, 0.6) is 0 Å². The van der Waals surface area contributed by atoms with Crippen molar-refractivity contribution >= 4 is 56.6 Å². The Kier molecular flexibility index (Phi) is 6.59. The highest BCUT2D eigenvalue weighted by atomic mass is 14.2. The fourth-order valence-corrected chi connectivity index (χ4v) is 6.38. The maximum Gasteiger partial charge on any atom is -0.00204 e. The minimum absolute atomic E-state index is 1.18. The van der Waals surface area contributed by atoms with Crippen molar-refractivity contribution in [2.75, 3.05) is 0 Å². The third kappa shape index (κ3) is 4.87. The Morgan fingerprint density at radius 3 is 1.41 bits per heavy atom. The molecule has 0 saturated heterocycles. The standard InChI is InChI=1S/C44H30/c1-3-8-33(9-4-1)35-20-14-31(15-21-35)18-24-39-30-40-26-25-37-12-7-13-38-27-29-42(44(40)43(37)38)41(39)28-19-32-16-22-36(23-17-32)34-10-5-2-6-11-34/h1-30H. The van der Waals surface area contributed by atoms with Crippen LogP contribution in [0.1, 0.15) is 22.3 Å². The molecule has 8 aromatic carbocycles. The number of hydrogen-bond donors (Lipinski definition) is 0. The number of benzene rings is 8. The average Bonchev–Trinajstić information content (AvgIpc) is 3.10. The van der Waals surface area contributed by atoms with Crippen molar-refractivity contribution in [1.29, 1.82) is 0 Å². The van der Waals surface area contributed by atoms with E-state index in [1.54, 1.807) is 0 Å². The highest BCUT2D eigenvalue weighted by molar-refractivity contribution is 6.25. The van der Waals surface area contributed by atoms with Crippen molar-refractivity contribution in [1.82, 2.24) is 0 Å². The Morgan fingerprint density at radius 1 is 0.318 bits per heavy atom. The van der Waals surface area contributed by atoms with E-state index in [0.29, 0.717) is 0 Å². The molecule has 206 valence electrons. The van der Waals surface area contributed by atoms with Gasteiger partial charge in [0.25, 0.3) is 0 Å². The van der Waals surface area contributed by atoms with Gasteiger partial charge in [-0.3, -0.25) is 0 Å². The summed E-state index contributed by atoms with van der Waals surface area (Å²) in [4.78, 5) is 0. The summed E-state index contributed by atoms with van der Waals surface area (Å²) in [6.07, 6.45) is 9.03. The summed E-state index contributed by atoms with van der Waals surface area (Å²) >= 11 is 0. The van der Waals surface area contributed by atoms with Gasteiger partial charge in [-0.05, 0) is 82.9 Å². The monoisotopic (exact) mass is 558 g/mol. The second-order valence-corrected chi connectivity index (χ2v) is 11.4. The first-order valence-corrected chi connectivity index (χ1v) is 15.2. The van der Waals surface area contributed by atoms with Gasteiger partial charge in [0, 0.05) is 0 Å². The minimum atomic E-state index is 1.18. The van der Waals surface area contributed by atoms with E-state index in [1.165, 1.54) is 76.8 Å². The maximum absolute atomic E-state index is 2.35. The van der Waals surface area contributed by atoms with E-state index in [2.05, 4.69) is 182 Å². The predicted octanol–water partition coefficient (Wildman–Crippen LogP) is 12.3. The van der Waals surface area contributed by atoms with Crippen LogP contribution in [0.2, 0.25) is 0 Å². The predicted molar refractivity (Wildman–Crippen MR) is 192 cm³/mol. The summed E-state index contributed by atoms with van der Waals surface area (Å²) in [5.41, 5.74) is 9.74. The summed E-state index contributed by atoms with van der Waals surface area (Å²) in [5.74, 6) is 0. The third-order valence-electron chi connectivity index (χ3n) is 8.65. The Hall–Kier alpha value is -5.72. The van der Waals surface area contributed by atoms with Crippen LogP contribution in [0.3, 0.4) is 0 Å². The Labute approximate surface area is 258 Å². The fourth-order valence-electron chi connectivity index (χ4n) is 6.38. The number of hydrogen-bond acceptors (Lipinski definition) is 0. The van der Waals surface area contributed by atoms with E-state index in [4.69, 9.17) is 0 Å². The van der Waals surface area contributed by atoms with Gasteiger partial charge in [-0.25, -0.2) is 0 Å². The van der Waals surface area contributed by atoms with E-state index >= 15 is 0 Å². The fraction of sp³-hybridized carbons (Fsp3) is 0. The first-order valence-electron chi connectivity index (χ1n) is 15.2. The second kappa shape index (κ2) is 11.2. The van der Waals surface area contributed by atoms with Gasteiger partial charge in [0.2, 0.25) is 0 Å². The minimum Gasteiger partial charge on any atom is -0.0622 e. The molecule has 44 heavy (non-hydrogen) atoms. The van der Waals surface area contributed by atoms with Crippen molar-refractivity contribution in [2.24, 2.45) is 0 Å². The smallest absolute Gasteiger partial charge is 0.00204 e. The van der Waals surface area contributed by atoms with E-state index in [9.17, 15) is 0 Å². The van der Waals surface area contributed by atoms with Crippen molar-refractivity contribution in [2.45, 2.75) is 0 Å². The van der Waals surface area contributed by atoms with E-state index in [0.717, 1.165) is 0 Å². The van der Waals surface area contributed by atoms with Crippen molar-refractivity contribution in [3.05, 3.63) is 180 Å². The zero-order chi connectivity index (χ0) is 29.3. The van der Waals surface area contributed by atoms with Gasteiger partial charge in [-0.1, -0.05) is 176 Å². The topological polar surface area (TPSA) is 0 Å². The first-order chi connectivity index (χ1) is 21.8. The van der Waals surface area contributed by atoms with E-state index in [1.807, 2.05) is 0 Å². The second-order valence-electron chi connectivity index (χ2n) is 11.4. The molecule has 0 spiro atoms. The molecule has 0 heteroatoms. The molecule has 0 heterocycles. The quantitative estimate of drug-likeness (QED) is 0.141. The molecule has 0 aliphatic heterocycles. The SMILES string of the molecule is C(=Cc1cc2ccc3cccc4ccc(c1C=Cc1ccc(-c5ccccc5)cc1)c2c34)c1ccc(-c2ccccc2)cc1. The molecule has 0 nitrogen and oxygen atoms in total. The van der Waals surface area contributed by atoms with Gasteiger partial charge in [-0.15, -0.1) is 0 Å². The lowest BCUT2D eigenvalue weighted by atomic mass is 9.89. The molecule has 0 unspecified atom stereocenters. The van der Waals surface area contributed by atoms with Crippen LogP contribution < -0.4 is 0 Å². The number of rotatable bonds is 6. The molecule has 0 radical (unpaired) electrons. The molecular weight excluding hydrogens is 528 g/mol. The molecule has 0 aromatic heterocycles. The Balaban J connectivity index is 1.21. The molecule has 0 bridgehead atoms. The lowest BCUT2D eigenvalue weighted by Crippen LogP contribution is -1.90. The maximum atomic E-state index is 2.35. The van der Waals surface area contributed by atoms with Crippen molar-refractivity contribution < 1.29 is 0 Å². The van der Waals surface area contributed by atoms with Gasteiger partial charge < -0.3 is 0 Å². The van der Waals surface area contributed by atoms with Crippen molar-refractivity contribution in [3.8, 4) is 22.3 Å². The summed E-state index contributed by atoms with van der Waals surface area (Å²) in [6.45, 7) is 0. The van der Waals surface area contributed by atoms with Gasteiger partial charge in [0.05, 0.1) is 0 Å². The molecule has 0 N–H and O–H groups in total. The molecule has 0 saturated carbocycles. The van der Waals surface area contributed by atoms with Gasteiger partial charge in [0.1, 0.15) is 0 Å². The van der Waals surface area contributed by atoms with Crippen LogP contribution in [-0.4, -0.2) is 0 Å². The van der Waals surface area contributed by atoms with E-state index in [-0.39, 0.29) is 0 Å². The van der Waals surface area contributed by atoms with Crippen molar-refractivity contribution in [3.63, 3.8) is 0 Å². The summed E-state index contributed by atoms with van der Waals surface area (Å²) in [5, 5.41) is 7.80. The first kappa shape index (κ1) is 25.9. The summed E-state index contributed by atoms with van der Waals surface area (Å²) in [7, 11) is 0. The van der Waals surface area contributed by atoms with Crippen LogP contribution in [-0.2, 0) is 0 Å². The molecule has 0 aliphatic rings. The molecular formula is C44H30. The highest BCUT2D eigenvalue weighted by Crippen LogP contribution is 2.38. The highest BCUT2D eigenvalue weighted by Gasteiger charge is 2.13. The van der Waals surface area contributed by atoms with E-state index < -0.39 is 0 Å². The zero-order valence-electron chi connectivity index (χ0n) is 24.3. The van der Waals surface area contributed by atoms with Gasteiger partial charge in [0.15, 0.2) is 0 Å². The van der Waals surface area contributed by atoms with Gasteiger partial charge >= 0.3 is 0 Å². The largest absolute Gasteiger partial charge is 0.0622 e. The lowest BCUT2D eigenvalue weighted by molar-refractivity contribution is 1.60. The lowest BCUT2D eigenvalue weighted by Gasteiger charge is -2.15.